The standard InChI is InChI=1S/C20H39N3O3.HI/c1-3-21-20(22-12-6-8-15-24-4-2)23-13-10-18(11-14-23)26-17-19-9-5-7-16-25-19;/h18-19H,3-17H2,1-2H3,(H,21,22);1H. The van der Waals surface area contributed by atoms with Gasteiger partial charge >= 0.3 is 0 Å². The van der Waals surface area contributed by atoms with Gasteiger partial charge in [-0.3, -0.25) is 4.99 Å². The molecule has 27 heavy (non-hydrogen) atoms. The Morgan fingerprint density at radius 1 is 1.15 bits per heavy atom. The fourth-order valence-electron chi connectivity index (χ4n) is 3.49. The summed E-state index contributed by atoms with van der Waals surface area (Å²) in [5.41, 5.74) is 0. The average molecular weight is 497 g/mol. The van der Waals surface area contributed by atoms with Crippen molar-refractivity contribution < 1.29 is 14.2 Å². The Bertz CT molecular complexity index is 385. The number of aliphatic imine (C=N–C) groups is 1. The molecule has 0 amide bonds. The second-order valence-electron chi connectivity index (χ2n) is 7.15. The third-order valence-corrected chi connectivity index (χ3v) is 5.03. The topological polar surface area (TPSA) is 55.3 Å². The zero-order chi connectivity index (χ0) is 18.5. The molecule has 1 atom stereocenters. The van der Waals surface area contributed by atoms with Gasteiger partial charge in [0.25, 0.3) is 0 Å². The third-order valence-electron chi connectivity index (χ3n) is 5.03. The van der Waals surface area contributed by atoms with Crippen molar-refractivity contribution in [3.63, 3.8) is 0 Å². The Balaban J connectivity index is 0.00000364. The normalized spacial score (nSPS) is 21.8. The number of halogens is 1. The summed E-state index contributed by atoms with van der Waals surface area (Å²) in [6.07, 6.45) is 8.61. The van der Waals surface area contributed by atoms with Crippen LogP contribution in [0.3, 0.4) is 0 Å². The summed E-state index contributed by atoms with van der Waals surface area (Å²) in [6.45, 7) is 11.3. The van der Waals surface area contributed by atoms with Crippen LogP contribution in [-0.2, 0) is 14.2 Å². The van der Waals surface area contributed by atoms with E-state index in [9.17, 15) is 0 Å². The minimum Gasteiger partial charge on any atom is -0.382 e. The molecule has 2 heterocycles. The highest BCUT2D eigenvalue weighted by molar-refractivity contribution is 14.0. The third kappa shape index (κ3) is 10.3. The fourth-order valence-corrected chi connectivity index (χ4v) is 3.49. The summed E-state index contributed by atoms with van der Waals surface area (Å²) in [5, 5.41) is 3.44. The highest BCUT2D eigenvalue weighted by Crippen LogP contribution is 2.18. The number of unbranched alkanes of at least 4 members (excludes halogenated alkanes) is 1. The van der Waals surface area contributed by atoms with Crippen LogP contribution >= 0.6 is 24.0 Å². The number of hydrogen-bond acceptors (Lipinski definition) is 4. The molecule has 2 rings (SSSR count). The second kappa shape index (κ2) is 15.8. The van der Waals surface area contributed by atoms with Crippen LogP contribution in [0.25, 0.3) is 0 Å². The number of guanidine groups is 1. The molecule has 2 aliphatic rings. The molecule has 0 aromatic heterocycles. The van der Waals surface area contributed by atoms with Crippen molar-refractivity contribution >= 4 is 29.9 Å². The number of hydrogen-bond donors (Lipinski definition) is 1. The van der Waals surface area contributed by atoms with Gasteiger partial charge in [-0.15, -0.1) is 24.0 Å². The van der Waals surface area contributed by atoms with Gasteiger partial charge < -0.3 is 24.4 Å². The first-order valence-corrected chi connectivity index (χ1v) is 10.7. The summed E-state index contributed by atoms with van der Waals surface area (Å²) in [4.78, 5) is 7.17. The summed E-state index contributed by atoms with van der Waals surface area (Å²) in [6, 6.07) is 0. The van der Waals surface area contributed by atoms with Crippen LogP contribution in [-0.4, -0.2) is 75.7 Å². The molecule has 0 aliphatic carbocycles. The minimum absolute atomic E-state index is 0. The lowest BCUT2D eigenvalue weighted by Gasteiger charge is -2.35. The number of ether oxygens (including phenoxy) is 3. The lowest BCUT2D eigenvalue weighted by molar-refractivity contribution is -0.0721. The van der Waals surface area contributed by atoms with Gasteiger partial charge in [0, 0.05) is 46.0 Å². The van der Waals surface area contributed by atoms with Crippen molar-refractivity contribution in [2.45, 2.75) is 71.0 Å². The Labute approximate surface area is 182 Å². The van der Waals surface area contributed by atoms with E-state index in [0.717, 1.165) is 90.7 Å². The number of piperidine rings is 1. The highest BCUT2D eigenvalue weighted by atomic mass is 127. The van der Waals surface area contributed by atoms with Crippen molar-refractivity contribution in [3.05, 3.63) is 0 Å². The van der Waals surface area contributed by atoms with Gasteiger partial charge in [0.15, 0.2) is 5.96 Å². The molecule has 1 N–H and O–H groups in total. The van der Waals surface area contributed by atoms with Gasteiger partial charge in [0.05, 0.1) is 18.8 Å². The van der Waals surface area contributed by atoms with E-state index in [4.69, 9.17) is 19.2 Å². The van der Waals surface area contributed by atoms with E-state index in [1.165, 1.54) is 12.8 Å². The largest absolute Gasteiger partial charge is 0.382 e. The molecule has 7 heteroatoms. The smallest absolute Gasteiger partial charge is 0.193 e. The predicted molar refractivity (Wildman–Crippen MR) is 121 cm³/mol. The van der Waals surface area contributed by atoms with Crippen molar-refractivity contribution in [2.75, 3.05) is 52.6 Å². The first kappa shape index (κ1) is 24.9. The van der Waals surface area contributed by atoms with Crippen molar-refractivity contribution in [2.24, 2.45) is 4.99 Å². The van der Waals surface area contributed by atoms with Crippen molar-refractivity contribution in [1.82, 2.24) is 10.2 Å². The number of nitrogens with one attached hydrogen (secondary N) is 1. The Morgan fingerprint density at radius 3 is 2.63 bits per heavy atom. The first-order chi connectivity index (χ1) is 12.8. The van der Waals surface area contributed by atoms with Crippen LogP contribution in [0.4, 0.5) is 0 Å². The van der Waals surface area contributed by atoms with E-state index in [1.54, 1.807) is 0 Å². The maximum atomic E-state index is 6.12. The van der Waals surface area contributed by atoms with Gasteiger partial charge in [-0.25, -0.2) is 0 Å². The molecule has 0 spiro atoms. The van der Waals surface area contributed by atoms with Crippen LogP contribution in [0.2, 0.25) is 0 Å². The van der Waals surface area contributed by atoms with Crippen LogP contribution < -0.4 is 5.32 Å². The average Bonchev–Trinajstić information content (AvgIpc) is 2.69. The Kier molecular flexibility index (Phi) is 14.5. The Hall–Kier alpha value is -0.120. The lowest BCUT2D eigenvalue weighted by Crippen LogP contribution is -2.47. The molecule has 2 saturated heterocycles. The molecule has 2 aliphatic heterocycles. The summed E-state index contributed by atoms with van der Waals surface area (Å²) >= 11 is 0. The monoisotopic (exact) mass is 497 g/mol. The number of rotatable bonds is 10. The first-order valence-electron chi connectivity index (χ1n) is 10.7. The molecule has 0 aromatic carbocycles. The van der Waals surface area contributed by atoms with Gasteiger partial charge in [0.1, 0.15) is 0 Å². The van der Waals surface area contributed by atoms with E-state index in [1.807, 2.05) is 6.92 Å². The van der Waals surface area contributed by atoms with Crippen molar-refractivity contribution in [3.8, 4) is 0 Å². The zero-order valence-corrected chi connectivity index (χ0v) is 19.6. The van der Waals surface area contributed by atoms with Crippen LogP contribution in [0.15, 0.2) is 4.99 Å². The summed E-state index contributed by atoms with van der Waals surface area (Å²) < 4.78 is 17.3. The highest BCUT2D eigenvalue weighted by Gasteiger charge is 2.23. The van der Waals surface area contributed by atoms with Crippen molar-refractivity contribution in [1.29, 1.82) is 0 Å². The molecular weight excluding hydrogens is 457 g/mol. The SMILES string of the molecule is CCNC(=NCCCCOCC)N1CCC(OCC2CCCCO2)CC1.I. The molecule has 6 nitrogen and oxygen atoms in total. The molecule has 0 radical (unpaired) electrons. The number of nitrogens with zero attached hydrogens (tertiary/aromatic N) is 2. The van der Waals surface area contributed by atoms with E-state index >= 15 is 0 Å². The molecule has 1 unspecified atom stereocenters. The maximum Gasteiger partial charge on any atom is 0.193 e. The molecule has 0 saturated carbocycles. The van der Waals surface area contributed by atoms with Crippen LogP contribution in [0.5, 0.6) is 0 Å². The van der Waals surface area contributed by atoms with E-state index in [2.05, 4.69) is 17.1 Å². The number of likely N-dealkylation sites (tertiary alicyclic amines) is 1. The van der Waals surface area contributed by atoms with E-state index in [-0.39, 0.29) is 24.0 Å². The van der Waals surface area contributed by atoms with Crippen LogP contribution in [0.1, 0.15) is 58.8 Å². The zero-order valence-electron chi connectivity index (χ0n) is 17.3. The Morgan fingerprint density at radius 2 is 1.96 bits per heavy atom. The quantitative estimate of drug-likeness (QED) is 0.217. The van der Waals surface area contributed by atoms with Gasteiger partial charge in [-0.2, -0.15) is 0 Å². The van der Waals surface area contributed by atoms with Gasteiger partial charge in [0.2, 0.25) is 0 Å². The van der Waals surface area contributed by atoms with E-state index in [0.29, 0.717) is 12.2 Å². The second-order valence-corrected chi connectivity index (χ2v) is 7.15. The summed E-state index contributed by atoms with van der Waals surface area (Å²) in [7, 11) is 0. The van der Waals surface area contributed by atoms with Gasteiger partial charge in [-0.1, -0.05) is 0 Å². The fraction of sp³-hybridized carbons (Fsp3) is 0.950. The molecule has 2 fully saturated rings. The van der Waals surface area contributed by atoms with Gasteiger partial charge in [-0.05, 0) is 58.8 Å². The summed E-state index contributed by atoms with van der Waals surface area (Å²) in [5.74, 6) is 1.05. The lowest BCUT2D eigenvalue weighted by atomic mass is 10.1. The molecule has 160 valence electrons. The predicted octanol–water partition coefficient (Wildman–Crippen LogP) is 3.44. The molecule has 0 aromatic rings. The van der Waals surface area contributed by atoms with Crippen LogP contribution in [0, 0.1) is 0 Å². The van der Waals surface area contributed by atoms with E-state index < -0.39 is 0 Å². The minimum atomic E-state index is 0. The maximum absolute atomic E-state index is 6.12. The molecule has 0 bridgehead atoms. The molecular formula is C20H40IN3O3.